The van der Waals surface area contributed by atoms with Crippen molar-refractivity contribution in [2.45, 2.75) is 38.9 Å². The van der Waals surface area contributed by atoms with E-state index in [1.54, 1.807) is 12.1 Å². The van der Waals surface area contributed by atoms with Crippen molar-refractivity contribution in [3.05, 3.63) is 64.8 Å². The first-order valence-electron chi connectivity index (χ1n) is 9.07. The largest absolute Gasteiger partial charge is 0.459 e. The molecule has 1 amide bonds. The van der Waals surface area contributed by atoms with Crippen molar-refractivity contribution in [2.75, 3.05) is 0 Å². The lowest BCUT2D eigenvalue weighted by Crippen LogP contribution is -2.42. The third-order valence-electron chi connectivity index (χ3n) is 4.94. The van der Waals surface area contributed by atoms with Crippen LogP contribution in [-0.2, 0) is 17.9 Å². The zero-order valence-corrected chi connectivity index (χ0v) is 15.1. The predicted octanol–water partition coefficient (Wildman–Crippen LogP) is 2.92. The van der Waals surface area contributed by atoms with Crippen molar-refractivity contribution in [1.29, 1.82) is 0 Å². The van der Waals surface area contributed by atoms with Crippen LogP contribution < -0.4 is 5.76 Å². The molecule has 0 aliphatic heterocycles. The van der Waals surface area contributed by atoms with Crippen molar-refractivity contribution in [3.63, 3.8) is 0 Å². The maximum absolute atomic E-state index is 13.0. The Balaban J connectivity index is 1.54. The molecule has 0 saturated heterocycles. The summed E-state index contributed by atoms with van der Waals surface area (Å²) in [5, 5.41) is 4.10. The van der Waals surface area contributed by atoms with Gasteiger partial charge in [-0.25, -0.2) is 4.79 Å². The molecule has 1 atom stereocenters. The number of furan rings is 1. The van der Waals surface area contributed by atoms with Gasteiger partial charge in [0, 0.05) is 12.6 Å². The molecule has 1 fully saturated rings. The lowest BCUT2D eigenvalue weighted by molar-refractivity contribution is -0.135. The summed E-state index contributed by atoms with van der Waals surface area (Å²) in [5.41, 5.74) is 1.06. The smallest absolute Gasteiger partial charge is 0.437 e. The summed E-state index contributed by atoms with van der Waals surface area (Å²) in [6, 6.07) is 13.3. The minimum absolute atomic E-state index is 0.0719. The molecule has 1 aromatic carbocycles. The number of nitrogens with zero attached hydrogens (tertiary/aromatic N) is 3. The Labute approximate surface area is 156 Å². The normalized spacial score (nSPS) is 14.9. The Hall–Kier alpha value is -3.09. The van der Waals surface area contributed by atoms with E-state index in [1.165, 1.54) is 6.26 Å². The monoisotopic (exact) mass is 367 g/mol. The summed E-state index contributed by atoms with van der Waals surface area (Å²) in [6.07, 6.45) is 3.73. The van der Waals surface area contributed by atoms with Crippen molar-refractivity contribution in [3.8, 4) is 11.7 Å². The molecule has 0 N–H and O–H groups in total. The average Bonchev–Trinajstić information content (AvgIpc) is 3.26. The minimum atomic E-state index is -0.673. The van der Waals surface area contributed by atoms with Crippen molar-refractivity contribution in [1.82, 2.24) is 14.7 Å². The number of rotatable bonds is 7. The fourth-order valence-electron chi connectivity index (χ4n) is 3.20. The average molecular weight is 367 g/mol. The number of carbonyl (C=O) groups excluding carboxylic acids is 1. The zero-order valence-electron chi connectivity index (χ0n) is 15.1. The predicted molar refractivity (Wildman–Crippen MR) is 97.6 cm³/mol. The summed E-state index contributed by atoms with van der Waals surface area (Å²) in [7, 11) is 0. The zero-order chi connectivity index (χ0) is 18.8. The highest BCUT2D eigenvalue weighted by molar-refractivity contribution is 5.76. The van der Waals surface area contributed by atoms with Gasteiger partial charge in [-0.3, -0.25) is 4.79 Å². The molecule has 0 radical (unpaired) electrons. The van der Waals surface area contributed by atoms with Crippen LogP contribution in [0.5, 0.6) is 0 Å². The molecule has 3 aromatic rings. The maximum atomic E-state index is 13.0. The van der Waals surface area contributed by atoms with Gasteiger partial charge in [0.15, 0.2) is 5.76 Å². The second-order valence-electron chi connectivity index (χ2n) is 6.89. The topological polar surface area (TPSA) is 81.5 Å². The van der Waals surface area contributed by atoms with Gasteiger partial charge in [0.25, 0.3) is 5.89 Å². The van der Waals surface area contributed by atoms with E-state index in [0.717, 1.165) is 23.1 Å². The molecule has 140 valence electrons. The minimum Gasteiger partial charge on any atom is -0.459 e. The number of amides is 1. The molecule has 2 aromatic heterocycles. The highest BCUT2D eigenvalue weighted by Crippen LogP contribution is 2.35. The van der Waals surface area contributed by atoms with Gasteiger partial charge >= 0.3 is 5.76 Å². The van der Waals surface area contributed by atoms with E-state index >= 15 is 0 Å². The van der Waals surface area contributed by atoms with Crippen LogP contribution in [0.3, 0.4) is 0 Å². The molecule has 27 heavy (non-hydrogen) atoms. The van der Waals surface area contributed by atoms with E-state index < -0.39 is 5.76 Å². The van der Waals surface area contributed by atoms with Crippen molar-refractivity contribution in [2.24, 2.45) is 5.92 Å². The van der Waals surface area contributed by atoms with Gasteiger partial charge < -0.3 is 13.7 Å². The van der Waals surface area contributed by atoms with Gasteiger partial charge in [-0.1, -0.05) is 30.3 Å². The first-order chi connectivity index (χ1) is 13.1. The van der Waals surface area contributed by atoms with Crippen LogP contribution in [0.1, 0.15) is 25.3 Å². The van der Waals surface area contributed by atoms with Crippen LogP contribution in [0, 0.1) is 5.92 Å². The van der Waals surface area contributed by atoms with Crippen molar-refractivity contribution < 1.29 is 13.6 Å². The molecular formula is C20H21N3O4. The summed E-state index contributed by atoms with van der Waals surface area (Å²) >= 11 is 0. The van der Waals surface area contributed by atoms with Gasteiger partial charge in [-0.15, -0.1) is 5.10 Å². The molecule has 1 unspecified atom stereocenters. The van der Waals surface area contributed by atoms with E-state index in [4.69, 9.17) is 8.83 Å². The fourth-order valence-corrected chi connectivity index (χ4v) is 3.20. The standard InChI is InChI=1S/C20H21N3O4/c1-14(16-9-10-16)22(12-15-6-3-2-4-7-15)18(24)13-23-20(25)27-19(21-23)17-8-5-11-26-17/h2-8,11,14,16H,9-10,12-13H2,1H3. The highest BCUT2D eigenvalue weighted by atomic mass is 16.4. The van der Waals surface area contributed by atoms with Gasteiger partial charge in [0.05, 0.1) is 6.26 Å². The van der Waals surface area contributed by atoms with Crippen LogP contribution in [0.15, 0.2) is 62.4 Å². The molecular weight excluding hydrogens is 346 g/mol. The Morgan fingerprint density at radius 3 is 2.70 bits per heavy atom. The lowest BCUT2D eigenvalue weighted by atomic mass is 10.1. The number of hydrogen-bond acceptors (Lipinski definition) is 5. The van der Waals surface area contributed by atoms with Gasteiger partial charge in [0.2, 0.25) is 5.91 Å². The number of carbonyl (C=O) groups is 1. The van der Waals surface area contributed by atoms with Crippen LogP contribution >= 0.6 is 0 Å². The molecule has 1 saturated carbocycles. The Kier molecular flexibility index (Phi) is 4.66. The summed E-state index contributed by atoms with van der Waals surface area (Å²) in [4.78, 5) is 26.9. The van der Waals surface area contributed by atoms with Crippen LogP contribution in [0.2, 0.25) is 0 Å². The fraction of sp³-hybridized carbons (Fsp3) is 0.350. The highest BCUT2D eigenvalue weighted by Gasteiger charge is 2.34. The van der Waals surface area contributed by atoms with E-state index in [9.17, 15) is 9.59 Å². The third-order valence-corrected chi connectivity index (χ3v) is 4.94. The van der Waals surface area contributed by atoms with Crippen LogP contribution in [0.4, 0.5) is 0 Å². The number of hydrogen-bond donors (Lipinski definition) is 0. The molecule has 0 spiro atoms. The molecule has 1 aliphatic rings. The van der Waals surface area contributed by atoms with Crippen LogP contribution in [-0.4, -0.2) is 26.6 Å². The van der Waals surface area contributed by atoms with Gasteiger partial charge in [-0.2, -0.15) is 4.68 Å². The maximum Gasteiger partial charge on any atom is 0.437 e. The second kappa shape index (κ2) is 7.26. The Morgan fingerprint density at radius 2 is 2.04 bits per heavy atom. The summed E-state index contributed by atoms with van der Waals surface area (Å²) in [6.45, 7) is 2.42. The SMILES string of the molecule is CC(C1CC1)N(Cc1ccccc1)C(=O)Cn1nc(-c2ccco2)oc1=O. The van der Waals surface area contributed by atoms with E-state index in [1.807, 2.05) is 35.2 Å². The molecule has 7 nitrogen and oxygen atoms in total. The van der Waals surface area contributed by atoms with E-state index in [-0.39, 0.29) is 24.4 Å². The van der Waals surface area contributed by atoms with E-state index in [2.05, 4.69) is 12.0 Å². The van der Waals surface area contributed by atoms with Gasteiger partial charge in [0.1, 0.15) is 6.54 Å². The number of benzene rings is 1. The molecule has 0 bridgehead atoms. The first-order valence-corrected chi connectivity index (χ1v) is 9.07. The van der Waals surface area contributed by atoms with Gasteiger partial charge in [-0.05, 0) is 43.4 Å². The molecule has 4 rings (SSSR count). The summed E-state index contributed by atoms with van der Waals surface area (Å²) in [5.74, 6) is 0.118. The lowest BCUT2D eigenvalue weighted by Gasteiger charge is -2.29. The Bertz CT molecular complexity index is 955. The summed E-state index contributed by atoms with van der Waals surface area (Å²) < 4.78 is 11.4. The molecule has 2 heterocycles. The Morgan fingerprint density at radius 1 is 1.26 bits per heavy atom. The third kappa shape index (κ3) is 3.86. The van der Waals surface area contributed by atoms with Crippen LogP contribution in [0.25, 0.3) is 11.7 Å². The first kappa shape index (κ1) is 17.3. The second-order valence-corrected chi connectivity index (χ2v) is 6.89. The molecule has 1 aliphatic carbocycles. The number of aromatic nitrogens is 2. The quantitative estimate of drug-likeness (QED) is 0.641. The van der Waals surface area contributed by atoms with E-state index in [0.29, 0.717) is 18.2 Å². The van der Waals surface area contributed by atoms with Crippen molar-refractivity contribution >= 4 is 5.91 Å². The molecule has 7 heteroatoms.